The number of aromatic amines is 1. The minimum absolute atomic E-state index is 0.150. The lowest BCUT2D eigenvalue weighted by Gasteiger charge is -2.16. The van der Waals surface area contributed by atoms with Crippen LogP contribution in [0.25, 0.3) is 0 Å². The second kappa shape index (κ2) is 6.70. The van der Waals surface area contributed by atoms with Gasteiger partial charge in [-0.25, -0.2) is 9.38 Å². The zero-order chi connectivity index (χ0) is 19.1. The molecule has 3 aromatic rings. The van der Waals surface area contributed by atoms with E-state index in [9.17, 15) is 4.39 Å². The number of rotatable bonds is 3. The Morgan fingerprint density at radius 1 is 1.15 bits per heavy atom. The predicted octanol–water partition coefficient (Wildman–Crippen LogP) is 5.52. The lowest BCUT2D eigenvalue weighted by atomic mass is 10.00. The quantitative estimate of drug-likeness (QED) is 0.488. The van der Waals surface area contributed by atoms with Crippen LogP contribution in [0.3, 0.4) is 0 Å². The molecular weight excluding hydrogens is 367 g/mol. The molecule has 1 aromatic heterocycles. The monoisotopic (exact) mass is 384 g/mol. The van der Waals surface area contributed by atoms with E-state index < -0.39 is 5.82 Å². The van der Waals surface area contributed by atoms with Crippen LogP contribution in [-0.4, -0.2) is 22.0 Å². The number of aryl methyl sites for hydroxylation is 1. The molecular formula is C20H18ClFN4O. The van der Waals surface area contributed by atoms with Crippen LogP contribution < -0.4 is 10.1 Å². The number of nitrogens with zero attached hydrogens (tertiary/aromatic N) is 2. The molecule has 138 valence electrons. The molecule has 2 heterocycles. The van der Waals surface area contributed by atoms with Crippen molar-refractivity contribution in [2.24, 2.45) is 4.99 Å². The molecule has 4 rings (SSSR count). The van der Waals surface area contributed by atoms with Crippen molar-refractivity contribution in [1.29, 1.82) is 0 Å². The van der Waals surface area contributed by atoms with Crippen LogP contribution in [0.2, 0.25) is 5.02 Å². The summed E-state index contributed by atoms with van der Waals surface area (Å²) in [5.41, 5.74) is 3.99. The molecule has 0 saturated heterocycles. The molecule has 0 aliphatic carbocycles. The van der Waals surface area contributed by atoms with Crippen LogP contribution in [0.15, 0.2) is 41.4 Å². The van der Waals surface area contributed by atoms with E-state index in [2.05, 4.69) is 15.5 Å². The van der Waals surface area contributed by atoms with Crippen LogP contribution in [0.4, 0.5) is 21.6 Å². The fourth-order valence-corrected chi connectivity index (χ4v) is 3.23. The molecule has 2 aromatic carbocycles. The van der Waals surface area contributed by atoms with Crippen LogP contribution >= 0.6 is 11.6 Å². The zero-order valence-corrected chi connectivity index (χ0v) is 15.9. The first kappa shape index (κ1) is 17.5. The van der Waals surface area contributed by atoms with Crippen molar-refractivity contribution in [2.45, 2.75) is 26.9 Å². The van der Waals surface area contributed by atoms with Gasteiger partial charge in [0.15, 0.2) is 17.4 Å². The number of fused-ring (bicyclic) bond motifs is 2. The first-order valence-corrected chi connectivity index (χ1v) is 8.98. The van der Waals surface area contributed by atoms with Crippen molar-refractivity contribution in [2.75, 3.05) is 5.32 Å². The van der Waals surface area contributed by atoms with Gasteiger partial charge in [-0.05, 0) is 32.9 Å². The van der Waals surface area contributed by atoms with Crippen molar-refractivity contribution >= 4 is 34.5 Å². The number of benzene rings is 2. The first-order valence-electron chi connectivity index (χ1n) is 8.60. The van der Waals surface area contributed by atoms with E-state index in [-0.39, 0.29) is 11.9 Å². The summed E-state index contributed by atoms with van der Waals surface area (Å²) in [5.74, 6) is 0.283. The molecule has 1 aliphatic heterocycles. The van der Waals surface area contributed by atoms with Gasteiger partial charge in [0, 0.05) is 22.2 Å². The SMILES string of the molecule is Cc1[nH]nc2c1N=C(c1ccccc1Cl)c1cc(F)c(OC(C)C)cc1N2. The van der Waals surface area contributed by atoms with Gasteiger partial charge >= 0.3 is 0 Å². The maximum atomic E-state index is 14.7. The van der Waals surface area contributed by atoms with Gasteiger partial charge in [0.1, 0.15) is 5.69 Å². The number of ether oxygens (including phenoxy) is 1. The first-order chi connectivity index (χ1) is 12.9. The fraction of sp³-hybridized carbons (Fsp3) is 0.200. The van der Waals surface area contributed by atoms with Crippen molar-refractivity contribution in [3.8, 4) is 5.75 Å². The van der Waals surface area contributed by atoms with Crippen molar-refractivity contribution < 1.29 is 9.13 Å². The van der Waals surface area contributed by atoms with Gasteiger partial charge in [0.25, 0.3) is 0 Å². The Kier molecular flexibility index (Phi) is 4.36. The van der Waals surface area contributed by atoms with E-state index in [4.69, 9.17) is 21.3 Å². The third-order valence-corrected chi connectivity index (χ3v) is 4.54. The topological polar surface area (TPSA) is 62.3 Å². The molecule has 1 aliphatic rings. The van der Waals surface area contributed by atoms with E-state index >= 15 is 0 Å². The highest BCUT2D eigenvalue weighted by molar-refractivity contribution is 6.36. The average molecular weight is 385 g/mol. The Morgan fingerprint density at radius 2 is 1.93 bits per heavy atom. The number of hydrogen-bond acceptors (Lipinski definition) is 4. The second-order valence-corrected chi connectivity index (χ2v) is 7.01. The predicted molar refractivity (Wildman–Crippen MR) is 106 cm³/mol. The minimum Gasteiger partial charge on any atom is -0.488 e. The lowest BCUT2D eigenvalue weighted by Crippen LogP contribution is -2.10. The maximum Gasteiger partial charge on any atom is 0.178 e. The largest absolute Gasteiger partial charge is 0.488 e. The van der Waals surface area contributed by atoms with Crippen LogP contribution in [0.5, 0.6) is 5.75 Å². The summed E-state index contributed by atoms with van der Waals surface area (Å²) in [7, 11) is 0. The number of aliphatic imine (C=N–C) groups is 1. The molecule has 0 atom stereocenters. The summed E-state index contributed by atoms with van der Waals surface area (Å²) >= 11 is 6.41. The molecule has 7 heteroatoms. The molecule has 27 heavy (non-hydrogen) atoms. The highest BCUT2D eigenvalue weighted by atomic mass is 35.5. The van der Waals surface area contributed by atoms with Crippen molar-refractivity contribution in [3.05, 3.63) is 64.1 Å². The third-order valence-electron chi connectivity index (χ3n) is 4.21. The number of anilines is 2. The normalized spacial score (nSPS) is 12.7. The lowest BCUT2D eigenvalue weighted by molar-refractivity contribution is 0.231. The smallest absolute Gasteiger partial charge is 0.178 e. The summed E-state index contributed by atoms with van der Waals surface area (Å²) in [5, 5.41) is 11.0. The van der Waals surface area contributed by atoms with Crippen molar-refractivity contribution in [1.82, 2.24) is 10.2 Å². The molecule has 0 spiro atoms. The summed E-state index contributed by atoms with van der Waals surface area (Å²) < 4.78 is 20.3. The molecule has 5 nitrogen and oxygen atoms in total. The number of aromatic nitrogens is 2. The average Bonchev–Trinajstić information content (AvgIpc) is 2.87. The van der Waals surface area contributed by atoms with Crippen LogP contribution in [0.1, 0.15) is 30.7 Å². The Labute approximate surface area is 161 Å². The van der Waals surface area contributed by atoms with E-state index in [1.54, 1.807) is 12.1 Å². The van der Waals surface area contributed by atoms with Gasteiger partial charge in [-0.3, -0.25) is 5.10 Å². The summed E-state index contributed by atoms with van der Waals surface area (Å²) in [6, 6.07) is 10.4. The molecule has 0 fully saturated rings. The Morgan fingerprint density at radius 3 is 2.67 bits per heavy atom. The number of nitrogens with one attached hydrogen (secondary N) is 2. The van der Waals surface area contributed by atoms with Gasteiger partial charge in [0.2, 0.25) is 0 Å². The minimum atomic E-state index is -0.457. The zero-order valence-electron chi connectivity index (χ0n) is 15.1. The van der Waals surface area contributed by atoms with E-state index in [0.29, 0.717) is 39.1 Å². The van der Waals surface area contributed by atoms with Gasteiger partial charge in [-0.1, -0.05) is 29.8 Å². The van der Waals surface area contributed by atoms with E-state index in [1.807, 2.05) is 39.0 Å². The molecule has 0 saturated carbocycles. The van der Waals surface area contributed by atoms with E-state index in [1.165, 1.54) is 6.07 Å². The van der Waals surface area contributed by atoms with Gasteiger partial charge in [-0.15, -0.1) is 0 Å². The van der Waals surface area contributed by atoms with Crippen LogP contribution in [0, 0.1) is 12.7 Å². The van der Waals surface area contributed by atoms with Gasteiger partial charge in [0.05, 0.1) is 23.2 Å². The summed E-state index contributed by atoms with van der Waals surface area (Å²) in [4.78, 5) is 4.77. The Balaban J connectivity index is 1.98. The molecule has 0 unspecified atom stereocenters. The maximum absolute atomic E-state index is 14.7. The number of hydrogen-bond donors (Lipinski definition) is 2. The molecule has 0 bridgehead atoms. The molecule has 0 radical (unpaired) electrons. The van der Waals surface area contributed by atoms with Crippen molar-refractivity contribution in [3.63, 3.8) is 0 Å². The molecule has 0 amide bonds. The summed E-state index contributed by atoms with van der Waals surface area (Å²) in [6.07, 6.45) is -0.150. The standard InChI is InChI=1S/C20H18ClFN4O/c1-10(2)27-17-9-16-13(8-15(17)22)19(12-6-4-5-7-14(12)21)24-18-11(3)25-26-20(18)23-16/h4-10H,1-3H3,(H2,23,25,26). The fourth-order valence-electron chi connectivity index (χ4n) is 3.00. The third kappa shape index (κ3) is 3.17. The Bertz CT molecular complexity index is 1060. The highest BCUT2D eigenvalue weighted by Gasteiger charge is 2.24. The second-order valence-electron chi connectivity index (χ2n) is 6.61. The number of H-pyrrole nitrogens is 1. The highest BCUT2D eigenvalue weighted by Crippen LogP contribution is 2.39. The number of halogens is 2. The van der Waals surface area contributed by atoms with Gasteiger partial charge < -0.3 is 10.1 Å². The summed E-state index contributed by atoms with van der Waals surface area (Å²) in [6.45, 7) is 5.58. The van der Waals surface area contributed by atoms with Crippen LogP contribution in [-0.2, 0) is 0 Å². The van der Waals surface area contributed by atoms with E-state index in [0.717, 1.165) is 5.69 Å². The Hall–Kier alpha value is -2.86. The van der Waals surface area contributed by atoms with Gasteiger partial charge in [-0.2, -0.15) is 5.10 Å². The molecule has 2 N–H and O–H groups in total.